The van der Waals surface area contributed by atoms with Crippen molar-refractivity contribution in [2.75, 3.05) is 5.32 Å². The summed E-state index contributed by atoms with van der Waals surface area (Å²) in [5, 5.41) is 3.78. The number of fused-ring (bicyclic) bond motifs is 1. The van der Waals surface area contributed by atoms with Crippen molar-refractivity contribution in [1.82, 2.24) is 9.55 Å². The van der Waals surface area contributed by atoms with Crippen LogP contribution in [0.1, 0.15) is 12.5 Å². The number of aromatic nitrogens is 2. The summed E-state index contributed by atoms with van der Waals surface area (Å²) in [4.78, 5) is 15.9. The Labute approximate surface area is 137 Å². The van der Waals surface area contributed by atoms with E-state index in [9.17, 15) is 4.79 Å². The average molecular weight is 334 g/mol. The van der Waals surface area contributed by atoms with Gasteiger partial charge in [-0.05, 0) is 29.8 Å². The zero-order valence-corrected chi connectivity index (χ0v) is 13.3. The maximum atomic E-state index is 11.4. The first-order valence-electron chi connectivity index (χ1n) is 6.71. The van der Waals surface area contributed by atoms with Gasteiger partial charge in [-0.25, -0.2) is 4.98 Å². The Kier molecular flexibility index (Phi) is 4.05. The molecule has 0 unspecified atom stereocenters. The summed E-state index contributed by atoms with van der Waals surface area (Å²) in [6, 6.07) is 13.2. The van der Waals surface area contributed by atoms with Crippen molar-refractivity contribution in [3.05, 3.63) is 58.1 Å². The fourth-order valence-corrected chi connectivity index (χ4v) is 2.63. The third-order valence-corrected chi connectivity index (χ3v) is 4.01. The molecule has 22 heavy (non-hydrogen) atoms. The minimum Gasteiger partial charge on any atom is -0.305 e. The summed E-state index contributed by atoms with van der Waals surface area (Å²) >= 11 is 12.0. The second-order valence-electron chi connectivity index (χ2n) is 4.94. The van der Waals surface area contributed by atoms with Crippen LogP contribution in [0.25, 0.3) is 11.0 Å². The zero-order valence-electron chi connectivity index (χ0n) is 11.8. The summed E-state index contributed by atoms with van der Waals surface area (Å²) in [5.74, 6) is 0.352. The van der Waals surface area contributed by atoms with E-state index in [1.165, 1.54) is 6.92 Å². The lowest BCUT2D eigenvalue weighted by Crippen LogP contribution is -2.12. The summed E-state index contributed by atoms with van der Waals surface area (Å²) in [7, 11) is 0. The van der Waals surface area contributed by atoms with Crippen LogP contribution in [0, 0.1) is 0 Å². The molecule has 1 N–H and O–H groups in total. The summed E-state index contributed by atoms with van der Waals surface area (Å²) in [6.07, 6.45) is 0. The molecular formula is C16H13Cl2N3O. The van der Waals surface area contributed by atoms with Crippen LogP contribution in [0.4, 0.5) is 5.95 Å². The van der Waals surface area contributed by atoms with Crippen molar-refractivity contribution in [1.29, 1.82) is 0 Å². The Balaban J connectivity index is 2.07. The topological polar surface area (TPSA) is 46.9 Å². The predicted octanol–water partition coefficient (Wildman–Crippen LogP) is 4.35. The molecule has 0 aliphatic rings. The maximum absolute atomic E-state index is 11.4. The number of amides is 1. The number of imidazole rings is 1. The van der Waals surface area contributed by atoms with Gasteiger partial charge in [0.2, 0.25) is 11.9 Å². The fourth-order valence-electron chi connectivity index (χ4n) is 2.31. The molecule has 0 aliphatic carbocycles. The van der Waals surface area contributed by atoms with Gasteiger partial charge in [0.05, 0.1) is 27.6 Å². The molecule has 0 atom stereocenters. The average Bonchev–Trinajstić information content (AvgIpc) is 2.80. The molecule has 1 amide bonds. The van der Waals surface area contributed by atoms with Gasteiger partial charge < -0.3 is 4.57 Å². The minimum atomic E-state index is -0.161. The first-order valence-corrected chi connectivity index (χ1v) is 7.47. The second kappa shape index (κ2) is 5.99. The lowest BCUT2D eigenvalue weighted by atomic mass is 10.2. The van der Waals surface area contributed by atoms with E-state index in [1.54, 1.807) is 6.07 Å². The SMILES string of the molecule is CC(=O)Nc1nc2ccccc2n1Cc1ccc(Cl)c(Cl)c1. The van der Waals surface area contributed by atoms with Gasteiger partial charge in [0.1, 0.15) is 0 Å². The van der Waals surface area contributed by atoms with E-state index in [1.807, 2.05) is 41.0 Å². The number of nitrogens with one attached hydrogen (secondary N) is 1. The predicted molar refractivity (Wildman–Crippen MR) is 89.6 cm³/mol. The molecule has 0 spiro atoms. The Morgan fingerprint density at radius 1 is 1.18 bits per heavy atom. The molecule has 0 aliphatic heterocycles. The van der Waals surface area contributed by atoms with Gasteiger partial charge in [0.15, 0.2) is 0 Å². The van der Waals surface area contributed by atoms with Crippen LogP contribution in [-0.2, 0) is 11.3 Å². The van der Waals surface area contributed by atoms with Crippen LogP contribution < -0.4 is 5.32 Å². The van der Waals surface area contributed by atoms with Gasteiger partial charge in [-0.1, -0.05) is 41.4 Å². The normalized spacial score (nSPS) is 10.9. The van der Waals surface area contributed by atoms with Gasteiger partial charge in [0.25, 0.3) is 0 Å². The van der Waals surface area contributed by atoms with Crippen LogP contribution in [0.3, 0.4) is 0 Å². The molecule has 1 aromatic heterocycles. The van der Waals surface area contributed by atoms with Gasteiger partial charge in [-0.2, -0.15) is 0 Å². The molecule has 0 bridgehead atoms. The molecule has 3 aromatic rings. The lowest BCUT2D eigenvalue weighted by Gasteiger charge is -2.10. The van der Waals surface area contributed by atoms with Crippen LogP contribution in [0.5, 0.6) is 0 Å². The lowest BCUT2D eigenvalue weighted by molar-refractivity contribution is -0.114. The highest BCUT2D eigenvalue weighted by Gasteiger charge is 2.12. The summed E-state index contributed by atoms with van der Waals surface area (Å²) < 4.78 is 1.94. The first kappa shape index (κ1) is 14.9. The number of benzene rings is 2. The van der Waals surface area contributed by atoms with E-state index < -0.39 is 0 Å². The number of carbonyl (C=O) groups is 1. The molecule has 0 saturated carbocycles. The zero-order chi connectivity index (χ0) is 15.7. The van der Waals surface area contributed by atoms with Crippen LogP contribution in [0.2, 0.25) is 10.0 Å². The first-order chi connectivity index (χ1) is 10.5. The van der Waals surface area contributed by atoms with Crippen molar-refractivity contribution in [3.8, 4) is 0 Å². The van der Waals surface area contributed by atoms with Crippen molar-refractivity contribution >= 4 is 46.1 Å². The van der Waals surface area contributed by atoms with Crippen molar-refractivity contribution in [2.24, 2.45) is 0 Å². The van der Waals surface area contributed by atoms with Gasteiger partial charge in [0, 0.05) is 6.92 Å². The van der Waals surface area contributed by atoms with Gasteiger partial charge >= 0.3 is 0 Å². The fraction of sp³-hybridized carbons (Fsp3) is 0.125. The highest BCUT2D eigenvalue weighted by atomic mass is 35.5. The molecule has 2 aromatic carbocycles. The van der Waals surface area contributed by atoms with Crippen LogP contribution >= 0.6 is 23.2 Å². The number of nitrogens with zero attached hydrogens (tertiary/aromatic N) is 2. The Morgan fingerprint density at radius 2 is 1.95 bits per heavy atom. The number of rotatable bonds is 3. The van der Waals surface area contributed by atoms with E-state index in [2.05, 4.69) is 10.3 Å². The van der Waals surface area contributed by atoms with Gasteiger partial charge in [-0.3, -0.25) is 10.1 Å². The van der Waals surface area contributed by atoms with Crippen molar-refractivity contribution in [3.63, 3.8) is 0 Å². The van der Waals surface area contributed by atoms with Crippen molar-refractivity contribution < 1.29 is 4.79 Å². The Bertz CT molecular complexity index is 858. The molecule has 1 heterocycles. The summed E-state index contributed by atoms with van der Waals surface area (Å²) in [6.45, 7) is 2.00. The van der Waals surface area contributed by atoms with Crippen LogP contribution in [-0.4, -0.2) is 15.5 Å². The standard InChI is InChI=1S/C16H13Cl2N3O/c1-10(22)19-16-20-14-4-2-3-5-15(14)21(16)9-11-6-7-12(17)13(18)8-11/h2-8H,9H2,1H3,(H,19,20,22). The molecule has 112 valence electrons. The van der Waals surface area contributed by atoms with E-state index in [0.717, 1.165) is 16.6 Å². The van der Waals surface area contributed by atoms with E-state index >= 15 is 0 Å². The highest BCUT2D eigenvalue weighted by Crippen LogP contribution is 2.25. The van der Waals surface area contributed by atoms with Crippen molar-refractivity contribution in [2.45, 2.75) is 13.5 Å². The number of anilines is 1. The number of hydrogen-bond acceptors (Lipinski definition) is 2. The van der Waals surface area contributed by atoms with Gasteiger partial charge in [-0.15, -0.1) is 0 Å². The molecule has 0 saturated heterocycles. The third kappa shape index (κ3) is 2.93. The van der Waals surface area contributed by atoms with Crippen LogP contribution in [0.15, 0.2) is 42.5 Å². The Morgan fingerprint density at radius 3 is 2.68 bits per heavy atom. The summed E-state index contributed by atoms with van der Waals surface area (Å²) in [5.41, 5.74) is 2.74. The number of halogens is 2. The number of hydrogen-bond donors (Lipinski definition) is 1. The number of para-hydroxylation sites is 2. The van der Waals surface area contributed by atoms with E-state index in [0.29, 0.717) is 22.5 Å². The monoisotopic (exact) mass is 333 g/mol. The molecular weight excluding hydrogens is 321 g/mol. The molecule has 0 fully saturated rings. The molecule has 3 rings (SSSR count). The smallest absolute Gasteiger partial charge is 0.223 e. The quantitative estimate of drug-likeness (QED) is 0.774. The second-order valence-corrected chi connectivity index (χ2v) is 5.75. The minimum absolute atomic E-state index is 0.161. The molecule has 4 nitrogen and oxygen atoms in total. The third-order valence-electron chi connectivity index (χ3n) is 3.27. The molecule has 6 heteroatoms. The highest BCUT2D eigenvalue weighted by molar-refractivity contribution is 6.42. The van der Waals surface area contributed by atoms with E-state index in [-0.39, 0.29) is 5.91 Å². The van der Waals surface area contributed by atoms with E-state index in [4.69, 9.17) is 23.2 Å². The number of carbonyl (C=O) groups excluding carboxylic acids is 1. The largest absolute Gasteiger partial charge is 0.305 e. The maximum Gasteiger partial charge on any atom is 0.223 e. The molecule has 0 radical (unpaired) electrons. The Hall–Kier alpha value is -2.04.